The molecule has 2 aromatic carbocycles. The molecule has 0 unspecified atom stereocenters. The van der Waals surface area contributed by atoms with Crippen LogP contribution >= 0.6 is 11.3 Å². The predicted octanol–water partition coefficient (Wildman–Crippen LogP) is 5.19. The second-order valence-electron chi connectivity index (χ2n) is 5.05. The van der Waals surface area contributed by atoms with E-state index in [0.717, 1.165) is 22.1 Å². The van der Waals surface area contributed by atoms with Crippen molar-refractivity contribution >= 4 is 22.3 Å². The first-order valence-electron chi connectivity index (χ1n) is 6.98. The first-order chi connectivity index (χ1) is 10.8. The summed E-state index contributed by atoms with van der Waals surface area (Å²) in [6.45, 7) is 0. The maximum Gasteiger partial charge on any atom is 0.344 e. The molecule has 0 saturated heterocycles. The fourth-order valence-electron chi connectivity index (χ4n) is 2.60. The Kier molecular flexibility index (Phi) is 3.13. The lowest BCUT2D eigenvalue weighted by molar-refractivity contribution is 0.563. The van der Waals surface area contributed by atoms with Crippen LogP contribution in [0.4, 0.5) is 0 Å². The van der Waals surface area contributed by atoms with Crippen molar-refractivity contribution in [1.82, 2.24) is 0 Å². The van der Waals surface area contributed by atoms with Crippen LogP contribution in [0.3, 0.4) is 0 Å². The van der Waals surface area contributed by atoms with Gasteiger partial charge in [0.25, 0.3) is 0 Å². The van der Waals surface area contributed by atoms with E-state index in [9.17, 15) is 4.79 Å². The molecule has 0 aliphatic rings. The van der Waals surface area contributed by atoms with Crippen molar-refractivity contribution in [3.05, 3.63) is 81.8 Å². The number of benzene rings is 2. The number of fused-ring (bicyclic) bond motifs is 1. The Hall–Kier alpha value is -2.65. The summed E-state index contributed by atoms with van der Waals surface area (Å²) in [5, 5.41) is 5.00. The number of rotatable bonds is 2. The summed E-state index contributed by atoms with van der Waals surface area (Å²) in [7, 11) is 0. The average molecular weight is 304 g/mol. The highest BCUT2D eigenvalue weighted by Gasteiger charge is 2.13. The van der Waals surface area contributed by atoms with Gasteiger partial charge in [0.05, 0.1) is 5.56 Å². The monoisotopic (exact) mass is 304 g/mol. The van der Waals surface area contributed by atoms with Gasteiger partial charge in [-0.25, -0.2) is 4.79 Å². The first-order valence-corrected chi connectivity index (χ1v) is 7.92. The third-order valence-electron chi connectivity index (χ3n) is 3.68. The van der Waals surface area contributed by atoms with E-state index in [0.29, 0.717) is 11.1 Å². The third-order valence-corrected chi connectivity index (χ3v) is 4.42. The highest BCUT2D eigenvalue weighted by molar-refractivity contribution is 7.08. The largest absolute Gasteiger partial charge is 0.422 e. The van der Waals surface area contributed by atoms with Crippen molar-refractivity contribution < 1.29 is 4.42 Å². The molecule has 0 bridgehead atoms. The molecule has 0 fully saturated rings. The molecule has 2 heterocycles. The molecule has 0 spiro atoms. The molecule has 0 amide bonds. The Morgan fingerprint density at radius 2 is 1.50 bits per heavy atom. The third kappa shape index (κ3) is 2.16. The van der Waals surface area contributed by atoms with Gasteiger partial charge in [-0.3, -0.25) is 0 Å². The van der Waals surface area contributed by atoms with Gasteiger partial charge in [-0.1, -0.05) is 48.5 Å². The summed E-state index contributed by atoms with van der Waals surface area (Å²) >= 11 is 1.59. The lowest BCUT2D eigenvalue weighted by Crippen LogP contribution is -2.02. The summed E-state index contributed by atoms with van der Waals surface area (Å²) in [5.74, 6) is 0. The molecule has 2 aromatic heterocycles. The van der Waals surface area contributed by atoms with Crippen molar-refractivity contribution in [3.8, 4) is 22.3 Å². The van der Waals surface area contributed by atoms with Gasteiger partial charge in [-0.15, -0.1) is 0 Å². The standard InChI is InChI=1S/C19H12O2S/c20-19-15(10-14-8-4-5-9-18(14)21-19)17-12-22-11-16(17)13-6-2-1-3-7-13/h1-12H. The zero-order valence-electron chi connectivity index (χ0n) is 11.7. The highest BCUT2D eigenvalue weighted by Crippen LogP contribution is 2.34. The van der Waals surface area contributed by atoms with Gasteiger partial charge in [-0.2, -0.15) is 11.3 Å². The van der Waals surface area contributed by atoms with Gasteiger partial charge < -0.3 is 4.42 Å². The minimum Gasteiger partial charge on any atom is -0.422 e. The smallest absolute Gasteiger partial charge is 0.344 e. The molecule has 4 rings (SSSR count). The molecule has 0 saturated carbocycles. The molecule has 0 atom stereocenters. The molecule has 2 nitrogen and oxygen atoms in total. The van der Waals surface area contributed by atoms with Crippen LogP contribution in [0.2, 0.25) is 0 Å². The van der Waals surface area contributed by atoms with Crippen LogP contribution in [0.25, 0.3) is 33.2 Å². The van der Waals surface area contributed by atoms with Crippen LogP contribution in [0.5, 0.6) is 0 Å². The lowest BCUT2D eigenvalue weighted by atomic mass is 9.99. The Balaban J connectivity index is 1.96. The van der Waals surface area contributed by atoms with Crippen LogP contribution in [0.1, 0.15) is 0 Å². The molecular weight excluding hydrogens is 292 g/mol. The molecule has 22 heavy (non-hydrogen) atoms. The van der Waals surface area contributed by atoms with E-state index < -0.39 is 0 Å². The van der Waals surface area contributed by atoms with Gasteiger partial charge in [-0.05, 0) is 28.5 Å². The summed E-state index contributed by atoms with van der Waals surface area (Å²) in [5.41, 5.74) is 4.02. The van der Waals surface area contributed by atoms with Crippen LogP contribution in [0.15, 0.2) is 80.6 Å². The second-order valence-corrected chi connectivity index (χ2v) is 5.79. The second kappa shape index (κ2) is 5.28. The minimum atomic E-state index is -0.297. The lowest BCUT2D eigenvalue weighted by Gasteiger charge is -2.05. The molecular formula is C19H12O2S. The maximum absolute atomic E-state index is 12.4. The Labute approximate surface area is 131 Å². The number of hydrogen-bond acceptors (Lipinski definition) is 3. The SMILES string of the molecule is O=c1oc2ccccc2cc1-c1cscc1-c1ccccc1. The summed E-state index contributed by atoms with van der Waals surface area (Å²) < 4.78 is 5.46. The molecule has 0 radical (unpaired) electrons. The normalized spacial score (nSPS) is 10.9. The van der Waals surface area contributed by atoms with Crippen LogP contribution in [-0.4, -0.2) is 0 Å². The van der Waals surface area contributed by atoms with E-state index in [1.807, 2.05) is 66.0 Å². The van der Waals surface area contributed by atoms with Crippen molar-refractivity contribution in [2.45, 2.75) is 0 Å². The topological polar surface area (TPSA) is 30.2 Å². The molecule has 0 N–H and O–H groups in total. The minimum absolute atomic E-state index is 0.297. The van der Waals surface area contributed by atoms with Crippen molar-refractivity contribution in [2.75, 3.05) is 0 Å². The fraction of sp³-hybridized carbons (Fsp3) is 0. The van der Waals surface area contributed by atoms with Gasteiger partial charge >= 0.3 is 5.63 Å². The van der Waals surface area contributed by atoms with E-state index in [1.54, 1.807) is 11.3 Å². The van der Waals surface area contributed by atoms with E-state index >= 15 is 0 Å². The average Bonchev–Trinajstić information content (AvgIpc) is 3.04. The number of para-hydroxylation sites is 1. The van der Waals surface area contributed by atoms with E-state index in [-0.39, 0.29) is 5.63 Å². The van der Waals surface area contributed by atoms with Crippen molar-refractivity contribution in [3.63, 3.8) is 0 Å². The van der Waals surface area contributed by atoms with Crippen LogP contribution in [0, 0.1) is 0 Å². The van der Waals surface area contributed by atoms with Crippen molar-refractivity contribution in [2.24, 2.45) is 0 Å². The summed E-state index contributed by atoms with van der Waals surface area (Å²) in [6, 6.07) is 19.6. The first kappa shape index (κ1) is 13.0. The Bertz CT molecular complexity index is 997. The predicted molar refractivity (Wildman–Crippen MR) is 91.2 cm³/mol. The molecule has 4 aromatic rings. The Morgan fingerprint density at radius 1 is 0.773 bits per heavy atom. The Morgan fingerprint density at radius 3 is 2.36 bits per heavy atom. The fourth-order valence-corrected chi connectivity index (χ4v) is 3.45. The van der Waals surface area contributed by atoms with Gasteiger partial charge in [0, 0.05) is 16.5 Å². The molecule has 0 aliphatic carbocycles. The molecule has 3 heteroatoms. The summed E-state index contributed by atoms with van der Waals surface area (Å²) in [4.78, 5) is 12.4. The van der Waals surface area contributed by atoms with E-state index in [1.165, 1.54) is 0 Å². The van der Waals surface area contributed by atoms with E-state index in [2.05, 4.69) is 5.38 Å². The van der Waals surface area contributed by atoms with Gasteiger partial charge in [0.1, 0.15) is 5.58 Å². The quantitative estimate of drug-likeness (QED) is 0.477. The van der Waals surface area contributed by atoms with E-state index in [4.69, 9.17) is 4.42 Å². The number of hydrogen-bond donors (Lipinski definition) is 0. The maximum atomic E-state index is 12.4. The summed E-state index contributed by atoms with van der Waals surface area (Å²) in [6.07, 6.45) is 0. The van der Waals surface area contributed by atoms with Crippen molar-refractivity contribution in [1.29, 1.82) is 0 Å². The highest BCUT2D eigenvalue weighted by atomic mass is 32.1. The zero-order chi connectivity index (χ0) is 14.9. The van der Waals surface area contributed by atoms with Crippen LogP contribution < -0.4 is 5.63 Å². The van der Waals surface area contributed by atoms with Gasteiger partial charge in [0.15, 0.2) is 0 Å². The number of thiophene rings is 1. The molecule has 106 valence electrons. The van der Waals surface area contributed by atoms with Gasteiger partial charge in [0.2, 0.25) is 0 Å². The van der Waals surface area contributed by atoms with Crippen LogP contribution in [-0.2, 0) is 0 Å². The molecule has 0 aliphatic heterocycles. The zero-order valence-corrected chi connectivity index (χ0v) is 12.5.